The Morgan fingerprint density at radius 2 is 2.03 bits per heavy atom. The number of hydrogen-bond donors (Lipinski definition) is 1. The van der Waals surface area contributed by atoms with Gasteiger partial charge in [0.2, 0.25) is 5.88 Å². The van der Waals surface area contributed by atoms with Crippen molar-refractivity contribution in [1.82, 2.24) is 20.4 Å². The summed E-state index contributed by atoms with van der Waals surface area (Å²) in [4.78, 5) is 20.8. The van der Waals surface area contributed by atoms with Crippen LogP contribution in [-0.4, -0.2) is 47.0 Å². The standard InChI is InChI=1S/C21H22N4O5S/c1-13-3-4-15(9-22-13)20-18(14(2)30-25-20)11-29-19-6-5-16(10-23-19)21(26)24-17-7-8-31(27,28)12-17/h3-6,9-10,17H,7-8,11-12H2,1-2H3,(H,24,26)/t17-/m0/s1. The number of pyridine rings is 2. The van der Waals surface area contributed by atoms with Gasteiger partial charge < -0.3 is 14.6 Å². The summed E-state index contributed by atoms with van der Waals surface area (Å²) in [7, 11) is -3.06. The Morgan fingerprint density at radius 3 is 2.68 bits per heavy atom. The lowest BCUT2D eigenvalue weighted by molar-refractivity contribution is 0.0940. The van der Waals surface area contributed by atoms with Gasteiger partial charge in [0.05, 0.1) is 22.6 Å². The molecule has 162 valence electrons. The molecule has 10 heteroatoms. The number of rotatable bonds is 6. The van der Waals surface area contributed by atoms with Gasteiger partial charge in [-0.25, -0.2) is 13.4 Å². The van der Waals surface area contributed by atoms with Crippen molar-refractivity contribution in [2.75, 3.05) is 11.5 Å². The number of nitrogens with one attached hydrogen (secondary N) is 1. The van der Waals surface area contributed by atoms with Gasteiger partial charge in [-0.3, -0.25) is 9.78 Å². The number of aromatic nitrogens is 3. The van der Waals surface area contributed by atoms with Gasteiger partial charge in [-0.15, -0.1) is 0 Å². The minimum atomic E-state index is -3.06. The Balaban J connectivity index is 1.40. The highest BCUT2D eigenvalue weighted by Crippen LogP contribution is 2.26. The summed E-state index contributed by atoms with van der Waals surface area (Å²) in [6, 6.07) is 6.64. The summed E-state index contributed by atoms with van der Waals surface area (Å²) in [5.41, 5.74) is 3.52. The molecule has 1 saturated heterocycles. The van der Waals surface area contributed by atoms with E-state index in [1.807, 2.05) is 19.1 Å². The predicted octanol–water partition coefficient (Wildman–Crippen LogP) is 2.24. The Labute approximate surface area is 179 Å². The zero-order valence-electron chi connectivity index (χ0n) is 17.2. The third-order valence-electron chi connectivity index (χ3n) is 5.10. The maximum atomic E-state index is 12.3. The second kappa shape index (κ2) is 8.46. The molecule has 3 aromatic rings. The van der Waals surface area contributed by atoms with Crippen molar-refractivity contribution in [3.63, 3.8) is 0 Å². The van der Waals surface area contributed by atoms with Crippen LogP contribution in [0.3, 0.4) is 0 Å². The van der Waals surface area contributed by atoms with Crippen LogP contribution >= 0.6 is 0 Å². The first-order valence-electron chi connectivity index (χ1n) is 9.79. The first kappa shape index (κ1) is 21.0. The summed E-state index contributed by atoms with van der Waals surface area (Å²) in [5, 5.41) is 6.85. The van der Waals surface area contributed by atoms with Crippen LogP contribution in [0.5, 0.6) is 5.88 Å². The summed E-state index contributed by atoms with van der Waals surface area (Å²) >= 11 is 0. The largest absolute Gasteiger partial charge is 0.473 e. The molecule has 0 radical (unpaired) electrons. The molecule has 9 nitrogen and oxygen atoms in total. The molecule has 1 atom stereocenters. The van der Waals surface area contributed by atoms with E-state index < -0.39 is 9.84 Å². The van der Waals surface area contributed by atoms with Crippen LogP contribution in [0.4, 0.5) is 0 Å². The van der Waals surface area contributed by atoms with Crippen molar-refractivity contribution >= 4 is 15.7 Å². The fourth-order valence-electron chi connectivity index (χ4n) is 3.32. The van der Waals surface area contributed by atoms with E-state index in [-0.39, 0.29) is 30.1 Å². The molecule has 4 rings (SSSR count). The average molecular weight is 442 g/mol. The molecule has 1 aliphatic rings. The molecule has 1 amide bonds. The van der Waals surface area contributed by atoms with Gasteiger partial charge in [0, 0.05) is 35.8 Å². The van der Waals surface area contributed by atoms with Crippen molar-refractivity contribution in [3.8, 4) is 17.1 Å². The van der Waals surface area contributed by atoms with Crippen LogP contribution in [0.2, 0.25) is 0 Å². The zero-order valence-corrected chi connectivity index (χ0v) is 18.0. The Hall–Kier alpha value is -3.27. The zero-order chi connectivity index (χ0) is 22.0. The summed E-state index contributed by atoms with van der Waals surface area (Å²) in [6.45, 7) is 3.91. The van der Waals surface area contributed by atoms with Gasteiger partial charge >= 0.3 is 0 Å². The minimum Gasteiger partial charge on any atom is -0.473 e. The molecule has 0 saturated carbocycles. The number of carbonyl (C=O) groups is 1. The van der Waals surface area contributed by atoms with Gasteiger partial charge in [0.1, 0.15) is 18.1 Å². The average Bonchev–Trinajstić information content (AvgIpc) is 3.28. The first-order valence-corrected chi connectivity index (χ1v) is 11.6. The van der Waals surface area contributed by atoms with Gasteiger partial charge in [0.15, 0.2) is 9.84 Å². The minimum absolute atomic E-state index is 0.0235. The van der Waals surface area contributed by atoms with Crippen LogP contribution in [0, 0.1) is 13.8 Å². The Morgan fingerprint density at radius 1 is 1.19 bits per heavy atom. The molecule has 1 fully saturated rings. The third-order valence-corrected chi connectivity index (χ3v) is 6.87. The van der Waals surface area contributed by atoms with E-state index in [9.17, 15) is 13.2 Å². The van der Waals surface area contributed by atoms with Crippen molar-refractivity contribution in [1.29, 1.82) is 0 Å². The Kier molecular flexibility index (Phi) is 5.73. The van der Waals surface area contributed by atoms with Gasteiger partial charge in [0.25, 0.3) is 5.91 Å². The predicted molar refractivity (Wildman–Crippen MR) is 112 cm³/mol. The second-order valence-corrected chi connectivity index (χ2v) is 9.73. The molecule has 0 spiro atoms. The molecule has 0 bridgehead atoms. The number of carbonyl (C=O) groups excluding carboxylic acids is 1. The molecule has 0 aliphatic carbocycles. The highest BCUT2D eigenvalue weighted by molar-refractivity contribution is 7.91. The number of ether oxygens (including phenoxy) is 1. The van der Waals surface area contributed by atoms with Crippen molar-refractivity contribution in [3.05, 3.63) is 59.2 Å². The van der Waals surface area contributed by atoms with Crippen LogP contribution in [0.25, 0.3) is 11.3 Å². The Bertz CT molecular complexity index is 1190. The number of sulfone groups is 1. The quantitative estimate of drug-likeness (QED) is 0.616. The van der Waals surface area contributed by atoms with E-state index in [1.54, 1.807) is 25.3 Å². The SMILES string of the molecule is Cc1ccc(-c2noc(C)c2COc2ccc(C(=O)N[C@H]3CCS(=O)(=O)C3)cn2)cn1. The maximum absolute atomic E-state index is 12.3. The van der Waals surface area contributed by atoms with Crippen LogP contribution < -0.4 is 10.1 Å². The molecular weight excluding hydrogens is 420 g/mol. The van der Waals surface area contributed by atoms with E-state index in [1.165, 1.54) is 6.20 Å². The van der Waals surface area contributed by atoms with E-state index in [4.69, 9.17) is 9.26 Å². The van der Waals surface area contributed by atoms with Crippen LogP contribution in [-0.2, 0) is 16.4 Å². The number of amides is 1. The molecule has 4 heterocycles. The lowest BCUT2D eigenvalue weighted by Gasteiger charge is -2.11. The van der Waals surface area contributed by atoms with E-state index in [0.29, 0.717) is 29.3 Å². The lowest BCUT2D eigenvalue weighted by Crippen LogP contribution is -2.35. The van der Waals surface area contributed by atoms with Crippen LogP contribution in [0.1, 0.15) is 33.8 Å². The molecule has 31 heavy (non-hydrogen) atoms. The molecule has 0 aromatic carbocycles. The highest BCUT2D eigenvalue weighted by atomic mass is 32.2. The number of aryl methyl sites for hydroxylation is 2. The first-order chi connectivity index (χ1) is 14.8. The van der Waals surface area contributed by atoms with Gasteiger partial charge in [-0.05, 0) is 38.5 Å². The second-order valence-electron chi connectivity index (χ2n) is 7.50. The smallest absolute Gasteiger partial charge is 0.253 e. The topological polar surface area (TPSA) is 124 Å². The maximum Gasteiger partial charge on any atom is 0.253 e. The lowest BCUT2D eigenvalue weighted by atomic mass is 10.1. The van der Waals surface area contributed by atoms with E-state index in [0.717, 1.165) is 16.8 Å². The normalized spacial score (nSPS) is 17.4. The molecular formula is C21H22N4O5S. The molecule has 1 aliphatic heterocycles. The highest BCUT2D eigenvalue weighted by Gasteiger charge is 2.29. The van der Waals surface area contributed by atoms with Crippen molar-refractivity contribution in [2.45, 2.75) is 32.9 Å². The van der Waals surface area contributed by atoms with Gasteiger partial charge in [-0.1, -0.05) is 5.16 Å². The van der Waals surface area contributed by atoms with Crippen molar-refractivity contribution < 1.29 is 22.5 Å². The molecule has 3 aromatic heterocycles. The summed E-state index contributed by atoms with van der Waals surface area (Å²) in [5.74, 6) is 0.702. The fourth-order valence-corrected chi connectivity index (χ4v) is 4.99. The summed E-state index contributed by atoms with van der Waals surface area (Å²) < 4.78 is 34.2. The summed E-state index contributed by atoms with van der Waals surface area (Å²) in [6.07, 6.45) is 3.57. The monoisotopic (exact) mass is 442 g/mol. The van der Waals surface area contributed by atoms with E-state index in [2.05, 4.69) is 20.4 Å². The number of hydrogen-bond acceptors (Lipinski definition) is 8. The number of nitrogens with zero attached hydrogens (tertiary/aromatic N) is 3. The van der Waals surface area contributed by atoms with Gasteiger partial charge in [-0.2, -0.15) is 0 Å². The third kappa shape index (κ3) is 4.91. The van der Waals surface area contributed by atoms with Crippen LogP contribution in [0.15, 0.2) is 41.2 Å². The molecule has 1 N–H and O–H groups in total. The van der Waals surface area contributed by atoms with E-state index >= 15 is 0 Å². The molecule has 0 unspecified atom stereocenters. The fraction of sp³-hybridized carbons (Fsp3) is 0.333. The van der Waals surface area contributed by atoms with Crippen molar-refractivity contribution in [2.24, 2.45) is 0 Å².